The van der Waals surface area contributed by atoms with Gasteiger partial charge in [0.25, 0.3) is 0 Å². The van der Waals surface area contributed by atoms with Crippen LogP contribution in [0.2, 0.25) is 0 Å². The molecule has 0 aromatic rings. The summed E-state index contributed by atoms with van der Waals surface area (Å²) >= 11 is 0. The summed E-state index contributed by atoms with van der Waals surface area (Å²) in [6.45, 7) is 4.16. The number of nitrogens with zero attached hydrogens (tertiary/aromatic N) is 1. The fourth-order valence-electron chi connectivity index (χ4n) is 4.04. The topological polar surface area (TPSA) is 41.6 Å². The van der Waals surface area contributed by atoms with E-state index in [9.17, 15) is 13.6 Å². The summed E-state index contributed by atoms with van der Waals surface area (Å²) in [7, 11) is 0. The third-order valence-corrected chi connectivity index (χ3v) is 5.46. The van der Waals surface area contributed by atoms with Gasteiger partial charge in [0.1, 0.15) is 0 Å². The first kappa shape index (κ1) is 17.1. The molecule has 3 aliphatic rings. The standard InChI is InChI=1S/C17H28F2N2O2/c18-17(19)10-14(11-17)12-21-5-1-13(2-6-21)9-16(22)20-15-3-7-23-8-4-15/h13-15H,1-12H2,(H,20,22). The number of rotatable bonds is 5. The van der Waals surface area contributed by atoms with Gasteiger partial charge in [-0.15, -0.1) is 0 Å². The molecule has 2 saturated heterocycles. The second-order valence-corrected chi connectivity index (χ2v) is 7.53. The van der Waals surface area contributed by atoms with Gasteiger partial charge in [0.05, 0.1) is 0 Å². The summed E-state index contributed by atoms with van der Waals surface area (Å²) in [4.78, 5) is 14.4. The minimum atomic E-state index is -2.41. The largest absolute Gasteiger partial charge is 0.381 e. The first-order valence-corrected chi connectivity index (χ1v) is 8.97. The van der Waals surface area contributed by atoms with Crippen molar-refractivity contribution < 1.29 is 18.3 Å². The van der Waals surface area contributed by atoms with E-state index in [0.29, 0.717) is 12.3 Å². The van der Waals surface area contributed by atoms with Crippen LogP contribution in [0.25, 0.3) is 0 Å². The number of halogens is 2. The zero-order valence-corrected chi connectivity index (χ0v) is 13.7. The maximum Gasteiger partial charge on any atom is 0.248 e. The summed E-state index contributed by atoms with van der Waals surface area (Å²) in [6, 6.07) is 0.275. The Morgan fingerprint density at radius 2 is 1.74 bits per heavy atom. The molecule has 2 heterocycles. The molecule has 1 aliphatic carbocycles. The molecule has 2 aliphatic heterocycles. The highest BCUT2D eigenvalue weighted by molar-refractivity contribution is 5.76. The predicted octanol–water partition coefficient (Wildman–Crippen LogP) is 2.43. The van der Waals surface area contributed by atoms with E-state index in [-0.39, 0.29) is 30.7 Å². The van der Waals surface area contributed by atoms with Crippen LogP contribution < -0.4 is 5.32 Å². The van der Waals surface area contributed by atoms with E-state index >= 15 is 0 Å². The van der Waals surface area contributed by atoms with Crippen LogP contribution in [-0.4, -0.2) is 55.6 Å². The average molecular weight is 330 g/mol. The lowest BCUT2D eigenvalue weighted by Crippen LogP contribution is -2.45. The minimum Gasteiger partial charge on any atom is -0.381 e. The number of amides is 1. The quantitative estimate of drug-likeness (QED) is 0.842. The number of nitrogens with one attached hydrogen (secondary N) is 1. The first-order chi connectivity index (χ1) is 11.0. The molecule has 0 aromatic heterocycles. The summed E-state index contributed by atoms with van der Waals surface area (Å²) in [5.74, 6) is -1.65. The number of hydrogen-bond acceptors (Lipinski definition) is 3. The van der Waals surface area contributed by atoms with E-state index in [4.69, 9.17) is 4.74 Å². The van der Waals surface area contributed by atoms with Gasteiger partial charge in [0, 0.05) is 45.1 Å². The Hall–Kier alpha value is -0.750. The highest BCUT2D eigenvalue weighted by Gasteiger charge is 2.45. The SMILES string of the molecule is O=C(CC1CCN(CC2CC(F)(F)C2)CC1)NC1CCOCC1. The number of alkyl halides is 2. The van der Waals surface area contributed by atoms with Gasteiger partial charge in [-0.05, 0) is 50.6 Å². The molecule has 132 valence electrons. The van der Waals surface area contributed by atoms with Crippen molar-refractivity contribution in [2.45, 2.75) is 56.9 Å². The van der Waals surface area contributed by atoms with Crippen molar-refractivity contribution in [1.29, 1.82) is 0 Å². The lowest BCUT2D eigenvalue weighted by atomic mass is 9.80. The van der Waals surface area contributed by atoms with Crippen LogP contribution >= 0.6 is 0 Å². The van der Waals surface area contributed by atoms with Crippen molar-refractivity contribution in [2.24, 2.45) is 11.8 Å². The highest BCUT2D eigenvalue weighted by atomic mass is 19.3. The lowest BCUT2D eigenvalue weighted by molar-refractivity contribution is -0.124. The molecule has 0 bridgehead atoms. The Kier molecular flexibility index (Phi) is 5.52. The molecule has 1 saturated carbocycles. The van der Waals surface area contributed by atoms with Crippen molar-refractivity contribution in [3.8, 4) is 0 Å². The second kappa shape index (κ2) is 7.43. The van der Waals surface area contributed by atoms with Crippen LogP contribution in [0.15, 0.2) is 0 Å². The molecule has 0 spiro atoms. The highest BCUT2D eigenvalue weighted by Crippen LogP contribution is 2.42. The molecule has 3 rings (SSSR count). The third kappa shape index (κ3) is 5.11. The number of carbonyl (C=O) groups excluding carboxylic acids is 1. The molecule has 0 atom stereocenters. The number of piperidine rings is 1. The summed E-state index contributed by atoms with van der Waals surface area (Å²) in [6.07, 6.45) is 4.55. The number of likely N-dealkylation sites (tertiary alicyclic amines) is 1. The first-order valence-electron chi connectivity index (χ1n) is 8.97. The van der Waals surface area contributed by atoms with E-state index in [2.05, 4.69) is 10.2 Å². The number of ether oxygens (including phenoxy) is 1. The predicted molar refractivity (Wildman–Crippen MR) is 83.4 cm³/mol. The molecule has 6 heteroatoms. The van der Waals surface area contributed by atoms with Crippen molar-refractivity contribution >= 4 is 5.91 Å². The molecule has 1 amide bonds. The van der Waals surface area contributed by atoms with E-state index in [1.807, 2.05) is 0 Å². The maximum absolute atomic E-state index is 12.9. The van der Waals surface area contributed by atoms with Gasteiger partial charge in [0.2, 0.25) is 11.8 Å². The van der Waals surface area contributed by atoms with Gasteiger partial charge in [-0.25, -0.2) is 8.78 Å². The molecule has 0 aromatic carbocycles. The zero-order valence-electron chi connectivity index (χ0n) is 13.7. The second-order valence-electron chi connectivity index (χ2n) is 7.53. The monoisotopic (exact) mass is 330 g/mol. The Morgan fingerprint density at radius 1 is 1.09 bits per heavy atom. The molecule has 1 N–H and O–H groups in total. The van der Waals surface area contributed by atoms with E-state index in [0.717, 1.165) is 58.5 Å². The van der Waals surface area contributed by atoms with Gasteiger partial charge in [0.15, 0.2) is 0 Å². The number of carbonyl (C=O) groups is 1. The normalized spacial score (nSPS) is 27.6. The molecule has 0 radical (unpaired) electrons. The summed E-state index contributed by atoms with van der Waals surface area (Å²) < 4.78 is 31.0. The Bertz CT molecular complexity index is 397. The van der Waals surface area contributed by atoms with Crippen LogP contribution in [-0.2, 0) is 9.53 Å². The van der Waals surface area contributed by atoms with Gasteiger partial charge < -0.3 is 15.0 Å². The van der Waals surface area contributed by atoms with E-state index < -0.39 is 5.92 Å². The molecule has 4 nitrogen and oxygen atoms in total. The summed E-state index contributed by atoms with van der Waals surface area (Å²) in [5.41, 5.74) is 0. The smallest absolute Gasteiger partial charge is 0.248 e. The van der Waals surface area contributed by atoms with Gasteiger partial charge >= 0.3 is 0 Å². The molecule has 3 fully saturated rings. The van der Waals surface area contributed by atoms with E-state index in [1.54, 1.807) is 0 Å². The van der Waals surface area contributed by atoms with Crippen molar-refractivity contribution in [1.82, 2.24) is 10.2 Å². The minimum absolute atomic E-state index is 0.0560. The van der Waals surface area contributed by atoms with E-state index in [1.165, 1.54) is 0 Å². The molecule has 23 heavy (non-hydrogen) atoms. The fourth-order valence-corrected chi connectivity index (χ4v) is 4.04. The van der Waals surface area contributed by atoms with Crippen LogP contribution in [0, 0.1) is 11.8 Å². The maximum atomic E-state index is 12.9. The van der Waals surface area contributed by atoms with Crippen LogP contribution in [0.5, 0.6) is 0 Å². The Labute approximate surface area is 136 Å². The average Bonchev–Trinajstić information content (AvgIpc) is 2.48. The fraction of sp³-hybridized carbons (Fsp3) is 0.941. The van der Waals surface area contributed by atoms with Gasteiger partial charge in [-0.3, -0.25) is 4.79 Å². The van der Waals surface area contributed by atoms with Crippen molar-refractivity contribution in [3.63, 3.8) is 0 Å². The van der Waals surface area contributed by atoms with Crippen LogP contribution in [0.4, 0.5) is 8.78 Å². The third-order valence-electron chi connectivity index (χ3n) is 5.46. The summed E-state index contributed by atoms with van der Waals surface area (Å²) in [5, 5.41) is 3.12. The molecule has 0 unspecified atom stereocenters. The lowest BCUT2D eigenvalue weighted by Gasteiger charge is -2.40. The molecular weight excluding hydrogens is 302 g/mol. The Morgan fingerprint density at radius 3 is 2.35 bits per heavy atom. The van der Waals surface area contributed by atoms with Crippen LogP contribution in [0.1, 0.15) is 44.9 Å². The zero-order chi connectivity index (χ0) is 16.3. The van der Waals surface area contributed by atoms with Gasteiger partial charge in [-0.1, -0.05) is 0 Å². The van der Waals surface area contributed by atoms with Gasteiger partial charge in [-0.2, -0.15) is 0 Å². The Balaban J connectivity index is 1.30. The van der Waals surface area contributed by atoms with Crippen molar-refractivity contribution in [2.75, 3.05) is 32.8 Å². The molecular formula is C17H28F2N2O2. The van der Waals surface area contributed by atoms with Crippen molar-refractivity contribution in [3.05, 3.63) is 0 Å². The van der Waals surface area contributed by atoms with Crippen LogP contribution in [0.3, 0.4) is 0 Å². The number of hydrogen-bond donors (Lipinski definition) is 1.